The van der Waals surface area contributed by atoms with Crippen molar-refractivity contribution in [2.24, 2.45) is 0 Å². The second-order valence-electron chi connectivity index (χ2n) is 7.58. The quantitative estimate of drug-likeness (QED) is 0.659. The van der Waals surface area contributed by atoms with Gasteiger partial charge < -0.3 is 24.4 Å². The Morgan fingerprint density at radius 2 is 1.84 bits per heavy atom. The van der Waals surface area contributed by atoms with Crippen LogP contribution in [-0.2, 0) is 11.3 Å². The summed E-state index contributed by atoms with van der Waals surface area (Å²) in [6, 6.07) is 4.90. The van der Waals surface area contributed by atoms with Crippen LogP contribution in [0.3, 0.4) is 0 Å². The number of amides is 2. The molecule has 1 aromatic heterocycles. The Labute approximate surface area is 183 Å². The summed E-state index contributed by atoms with van der Waals surface area (Å²) >= 11 is 0. The number of ether oxygens (including phenoxy) is 3. The van der Waals surface area contributed by atoms with Gasteiger partial charge in [0.2, 0.25) is 0 Å². The van der Waals surface area contributed by atoms with Crippen LogP contribution in [0.5, 0.6) is 17.2 Å². The lowest BCUT2D eigenvalue weighted by Crippen LogP contribution is -2.34. The molecule has 0 spiro atoms. The fraction of sp³-hybridized carbons (Fsp3) is 0.435. The Morgan fingerprint density at radius 1 is 1.13 bits per heavy atom. The van der Waals surface area contributed by atoms with E-state index in [0.29, 0.717) is 23.6 Å². The van der Waals surface area contributed by atoms with Crippen molar-refractivity contribution >= 4 is 11.8 Å². The van der Waals surface area contributed by atoms with E-state index in [1.807, 2.05) is 27.7 Å². The van der Waals surface area contributed by atoms with E-state index in [-0.39, 0.29) is 24.5 Å². The number of pyridine rings is 1. The van der Waals surface area contributed by atoms with Gasteiger partial charge in [0.05, 0.1) is 26.5 Å². The molecule has 31 heavy (non-hydrogen) atoms. The lowest BCUT2D eigenvalue weighted by atomic mass is 10.1. The van der Waals surface area contributed by atoms with Gasteiger partial charge in [-0.1, -0.05) is 0 Å². The number of nitrogens with one attached hydrogen (secondary N) is 1. The van der Waals surface area contributed by atoms with Gasteiger partial charge in [0.1, 0.15) is 5.75 Å². The molecule has 2 amide bonds. The maximum atomic E-state index is 13.0. The second kappa shape index (κ2) is 10.7. The topological polar surface area (TPSA) is 90.0 Å². The summed E-state index contributed by atoms with van der Waals surface area (Å²) in [5.41, 5.74) is 3.06. The first kappa shape index (κ1) is 24.0. The van der Waals surface area contributed by atoms with Gasteiger partial charge in [-0.15, -0.1) is 0 Å². The number of benzene rings is 1. The smallest absolute Gasteiger partial charge is 0.258 e. The molecule has 0 aliphatic heterocycles. The van der Waals surface area contributed by atoms with E-state index in [9.17, 15) is 9.59 Å². The molecule has 0 aliphatic rings. The molecule has 0 saturated heterocycles. The second-order valence-corrected chi connectivity index (χ2v) is 7.58. The molecule has 8 nitrogen and oxygen atoms in total. The number of carbonyl (C=O) groups excluding carboxylic acids is 2. The van der Waals surface area contributed by atoms with Gasteiger partial charge in [0.25, 0.3) is 11.8 Å². The highest BCUT2D eigenvalue weighted by molar-refractivity contribution is 5.94. The average Bonchev–Trinajstić information content (AvgIpc) is 2.73. The zero-order valence-corrected chi connectivity index (χ0v) is 19.2. The van der Waals surface area contributed by atoms with E-state index in [4.69, 9.17) is 14.2 Å². The summed E-state index contributed by atoms with van der Waals surface area (Å²) in [7, 11) is 4.82. The Bertz CT molecular complexity index is 943. The molecule has 0 radical (unpaired) electrons. The molecule has 1 N–H and O–H groups in total. The lowest BCUT2D eigenvalue weighted by Gasteiger charge is -2.20. The zero-order chi connectivity index (χ0) is 23.1. The minimum Gasteiger partial charge on any atom is -0.496 e. The summed E-state index contributed by atoms with van der Waals surface area (Å²) in [6.45, 7) is 7.80. The SMILES string of the molecule is COc1cc(C(=O)N(C)Cc2ncc(C)c(OC)c2C)ccc1OCC(=O)NC(C)C. The van der Waals surface area contributed by atoms with Gasteiger partial charge in [-0.05, 0) is 45.9 Å². The van der Waals surface area contributed by atoms with Gasteiger partial charge in [-0.25, -0.2) is 0 Å². The summed E-state index contributed by atoms with van der Waals surface area (Å²) in [4.78, 5) is 30.8. The maximum absolute atomic E-state index is 13.0. The summed E-state index contributed by atoms with van der Waals surface area (Å²) in [5, 5.41) is 2.75. The summed E-state index contributed by atoms with van der Waals surface area (Å²) < 4.78 is 16.3. The van der Waals surface area contributed by atoms with Crippen molar-refractivity contribution in [3.8, 4) is 17.2 Å². The number of hydrogen-bond acceptors (Lipinski definition) is 6. The van der Waals surface area contributed by atoms with Crippen LogP contribution >= 0.6 is 0 Å². The van der Waals surface area contributed by atoms with Crippen molar-refractivity contribution in [1.29, 1.82) is 0 Å². The van der Waals surface area contributed by atoms with E-state index < -0.39 is 0 Å². The third-order valence-electron chi connectivity index (χ3n) is 4.70. The van der Waals surface area contributed by atoms with Crippen LogP contribution in [0.25, 0.3) is 0 Å². The number of nitrogens with zero attached hydrogens (tertiary/aromatic N) is 2. The lowest BCUT2D eigenvalue weighted by molar-refractivity contribution is -0.123. The monoisotopic (exact) mass is 429 g/mol. The van der Waals surface area contributed by atoms with Gasteiger partial charge in [-0.3, -0.25) is 14.6 Å². The Kier molecular flexibility index (Phi) is 8.24. The molecule has 0 aliphatic carbocycles. The molecule has 1 aromatic carbocycles. The molecular formula is C23H31N3O5. The van der Waals surface area contributed by atoms with Crippen molar-refractivity contribution in [3.63, 3.8) is 0 Å². The van der Waals surface area contributed by atoms with E-state index in [1.165, 1.54) is 7.11 Å². The van der Waals surface area contributed by atoms with Crippen LogP contribution in [0.1, 0.15) is 41.0 Å². The number of methoxy groups -OCH3 is 2. The Morgan fingerprint density at radius 3 is 2.45 bits per heavy atom. The fourth-order valence-corrected chi connectivity index (χ4v) is 3.17. The maximum Gasteiger partial charge on any atom is 0.258 e. The van der Waals surface area contributed by atoms with Crippen molar-refractivity contribution < 1.29 is 23.8 Å². The van der Waals surface area contributed by atoms with E-state index >= 15 is 0 Å². The minimum atomic E-state index is -0.228. The molecular weight excluding hydrogens is 398 g/mol. The number of aromatic nitrogens is 1. The minimum absolute atomic E-state index is 0.0279. The molecule has 168 valence electrons. The number of rotatable bonds is 9. The van der Waals surface area contributed by atoms with Crippen molar-refractivity contribution in [2.45, 2.75) is 40.3 Å². The first-order valence-corrected chi connectivity index (χ1v) is 10.0. The van der Waals surface area contributed by atoms with Gasteiger partial charge in [0, 0.05) is 36.0 Å². The highest BCUT2D eigenvalue weighted by Crippen LogP contribution is 2.29. The standard InChI is InChI=1S/C23H31N3O5/c1-14(2)25-21(27)13-31-19-9-8-17(10-20(19)29-6)23(28)26(5)12-18-16(4)22(30-7)15(3)11-24-18/h8-11,14H,12-13H2,1-7H3,(H,25,27). The molecule has 0 atom stereocenters. The molecule has 0 saturated carbocycles. The molecule has 2 rings (SSSR count). The van der Waals surface area contributed by atoms with Crippen LogP contribution in [0.2, 0.25) is 0 Å². The number of carbonyl (C=O) groups is 2. The molecule has 8 heteroatoms. The third kappa shape index (κ3) is 6.10. The van der Waals surface area contributed by atoms with Crippen molar-refractivity contribution in [1.82, 2.24) is 15.2 Å². The van der Waals surface area contributed by atoms with Crippen molar-refractivity contribution in [2.75, 3.05) is 27.9 Å². The van der Waals surface area contributed by atoms with Crippen LogP contribution in [0, 0.1) is 13.8 Å². The van der Waals surface area contributed by atoms with E-state index in [1.54, 1.807) is 43.5 Å². The molecule has 0 fully saturated rings. The largest absolute Gasteiger partial charge is 0.496 e. The highest BCUT2D eigenvalue weighted by atomic mass is 16.5. The normalized spacial score (nSPS) is 10.6. The molecule has 2 aromatic rings. The predicted octanol–water partition coefficient (Wildman–Crippen LogP) is 2.89. The van der Waals surface area contributed by atoms with Crippen molar-refractivity contribution in [3.05, 3.63) is 46.8 Å². The third-order valence-corrected chi connectivity index (χ3v) is 4.70. The van der Waals surface area contributed by atoms with E-state index in [0.717, 1.165) is 22.6 Å². The average molecular weight is 430 g/mol. The number of hydrogen-bond donors (Lipinski definition) is 1. The van der Waals surface area contributed by atoms with Crippen LogP contribution < -0.4 is 19.5 Å². The van der Waals surface area contributed by atoms with Crippen LogP contribution in [0.15, 0.2) is 24.4 Å². The predicted molar refractivity (Wildman–Crippen MR) is 118 cm³/mol. The number of aryl methyl sites for hydroxylation is 1. The Hall–Kier alpha value is -3.29. The van der Waals surface area contributed by atoms with E-state index in [2.05, 4.69) is 10.3 Å². The first-order valence-electron chi connectivity index (χ1n) is 10.0. The van der Waals surface area contributed by atoms with Gasteiger partial charge in [0.15, 0.2) is 18.1 Å². The fourth-order valence-electron chi connectivity index (χ4n) is 3.17. The van der Waals surface area contributed by atoms with Gasteiger partial charge in [-0.2, -0.15) is 0 Å². The highest BCUT2D eigenvalue weighted by Gasteiger charge is 2.18. The van der Waals surface area contributed by atoms with Crippen LogP contribution in [0.4, 0.5) is 0 Å². The molecule has 1 heterocycles. The Balaban J connectivity index is 2.13. The van der Waals surface area contributed by atoms with Crippen LogP contribution in [-0.4, -0.2) is 55.6 Å². The molecule has 0 bridgehead atoms. The first-order chi connectivity index (χ1) is 14.7. The zero-order valence-electron chi connectivity index (χ0n) is 19.2. The molecule has 0 unspecified atom stereocenters. The summed E-state index contributed by atoms with van der Waals surface area (Å²) in [5.74, 6) is 1.12. The summed E-state index contributed by atoms with van der Waals surface area (Å²) in [6.07, 6.45) is 1.74. The van der Waals surface area contributed by atoms with Gasteiger partial charge >= 0.3 is 0 Å².